The van der Waals surface area contributed by atoms with Gasteiger partial charge in [-0.2, -0.15) is 0 Å². The number of nitrogens with zero attached hydrogens (tertiary/aromatic N) is 3. The van der Waals surface area contributed by atoms with Crippen molar-refractivity contribution in [1.29, 1.82) is 0 Å². The molecule has 0 unspecified atom stereocenters. The Kier molecular flexibility index (Phi) is 5.15. The molecule has 1 aromatic heterocycles. The summed E-state index contributed by atoms with van der Waals surface area (Å²) in [6.07, 6.45) is 0.943. The van der Waals surface area contributed by atoms with Crippen LogP contribution >= 0.6 is 0 Å². The van der Waals surface area contributed by atoms with Gasteiger partial charge >= 0.3 is 0 Å². The van der Waals surface area contributed by atoms with Crippen LogP contribution < -0.4 is 16.0 Å². The molecule has 0 aliphatic heterocycles. The number of hydrogen-bond acceptors (Lipinski definition) is 5. The van der Waals surface area contributed by atoms with Crippen LogP contribution in [0, 0.1) is 6.92 Å². The number of aryl methyl sites for hydroxylation is 1. The van der Waals surface area contributed by atoms with Crippen LogP contribution in [-0.2, 0) is 0 Å². The summed E-state index contributed by atoms with van der Waals surface area (Å²) in [5, 5.41) is 3.26. The molecule has 0 bridgehead atoms. The van der Waals surface area contributed by atoms with Gasteiger partial charge < -0.3 is 16.0 Å². The molecule has 0 fully saturated rings. The maximum Gasteiger partial charge on any atom is 0.134 e. The Morgan fingerprint density at radius 3 is 2.71 bits per heavy atom. The van der Waals surface area contributed by atoms with Gasteiger partial charge in [0, 0.05) is 25.7 Å². The Balaban J connectivity index is 2.79. The van der Waals surface area contributed by atoms with Crippen molar-refractivity contribution in [2.24, 2.45) is 5.73 Å². The summed E-state index contributed by atoms with van der Waals surface area (Å²) in [5.41, 5.74) is 5.46. The lowest BCUT2D eigenvalue weighted by atomic mass is 10.3. The summed E-state index contributed by atoms with van der Waals surface area (Å²) in [7, 11) is 2.04. The fourth-order valence-corrected chi connectivity index (χ4v) is 1.41. The lowest BCUT2D eigenvalue weighted by Gasteiger charge is -2.23. The van der Waals surface area contributed by atoms with Gasteiger partial charge in [0.2, 0.25) is 0 Å². The standard InChI is InChI=1S/C12H23N5/c1-9(2)17(4)12-8-11(14-7-5-6-13)15-10(3)16-12/h8-9H,5-7,13H2,1-4H3,(H,14,15,16). The molecule has 1 aromatic rings. The van der Waals surface area contributed by atoms with E-state index in [0.29, 0.717) is 12.6 Å². The third-order valence-electron chi connectivity index (χ3n) is 2.65. The van der Waals surface area contributed by atoms with Crippen LogP contribution in [0.4, 0.5) is 11.6 Å². The van der Waals surface area contributed by atoms with Crippen LogP contribution in [0.3, 0.4) is 0 Å². The van der Waals surface area contributed by atoms with E-state index in [-0.39, 0.29) is 0 Å². The van der Waals surface area contributed by atoms with E-state index < -0.39 is 0 Å². The third-order valence-corrected chi connectivity index (χ3v) is 2.65. The van der Waals surface area contributed by atoms with Gasteiger partial charge in [0.15, 0.2) is 0 Å². The molecule has 5 nitrogen and oxygen atoms in total. The van der Waals surface area contributed by atoms with Gasteiger partial charge in [0.05, 0.1) is 0 Å². The quantitative estimate of drug-likeness (QED) is 0.732. The highest BCUT2D eigenvalue weighted by Crippen LogP contribution is 2.16. The van der Waals surface area contributed by atoms with Gasteiger partial charge in [-0.15, -0.1) is 0 Å². The summed E-state index contributed by atoms with van der Waals surface area (Å²) in [6, 6.07) is 2.39. The summed E-state index contributed by atoms with van der Waals surface area (Å²) >= 11 is 0. The first kappa shape index (κ1) is 13.7. The molecular weight excluding hydrogens is 214 g/mol. The lowest BCUT2D eigenvalue weighted by Crippen LogP contribution is -2.27. The second kappa shape index (κ2) is 6.39. The minimum Gasteiger partial charge on any atom is -0.370 e. The van der Waals surface area contributed by atoms with Crippen molar-refractivity contribution in [1.82, 2.24) is 9.97 Å². The van der Waals surface area contributed by atoms with Crippen LogP contribution in [0.1, 0.15) is 26.1 Å². The first-order valence-electron chi connectivity index (χ1n) is 6.07. The smallest absolute Gasteiger partial charge is 0.134 e. The van der Waals surface area contributed by atoms with Crippen molar-refractivity contribution in [2.45, 2.75) is 33.2 Å². The Morgan fingerprint density at radius 2 is 2.12 bits per heavy atom. The zero-order valence-corrected chi connectivity index (χ0v) is 11.2. The average Bonchev–Trinajstić information content (AvgIpc) is 2.27. The van der Waals surface area contributed by atoms with Gasteiger partial charge in [-0.3, -0.25) is 0 Å². The van der Waals surface area contributed by atoms with E-state index >= 15 is 0 Å². The topological polar surface area (TPSA) is 67.1 Å². The molecule has 17 heavy (non-hydrogen) atoms. The number of hydrogen-bond donors (Lipinski definition) is 2. The summed E-state index contributed by atoms with van der Waals surface area (Å²) < 4.78 is 0. The van der Waals surface area contributed by atoms with Crippen molar-refractivity contribution in [2.75, 3.05) is 30.4 Å². The highest BCUT2D eigenvalue weighted by molar-refractivity contribution is 5.49. The van der Waals surface area contributed by atoms with Gasteiger partial charge in [0.25, 0.3) is 0 Å². The fourth-order valence-electron chi connectivity index (χ4n) is 1.41. The summed E-state index contributed by atoms with van der Waals surface area (Å²) in [5.74, 6) is 2.60. The van der Waals surface area contributed by atoms with Crippen molar-refractivity contribution in [3.05, 3.63) is 11.9 Å². The fraction of sp³-hybridized carbons (Fsp3) is 0.667. The van der Waals surface area contributed by atoms with E-state index in [2.05, 4.69) is 34.0 Å². The third kappa shape index (κ3) is 4.19. The van der Waals surface area contributed by atoms with E-state index in [4.69, 9.17) is 5.73 Å². The zero-order chi connectivity index (χ0) is 12.8. The second-order valence-electron chi connectivity index (χ2n) is 4.43. The van der Waals surface area contributed by atoms with Crippen molar-refractivity contribution >= 4 is 11.6 Å². The van der Waals surface area contributed by atoms with Crippen LogP contribution in [0.15, 0.2) is 6.07 Å². The van der Waals surface area contributed by atoms with E-state index in [1.807, 2.05) is 20.0 Å². The molecule has 0 aliphatic carbocycles. The molecular formula is C12H23N5. The molecule has 0 aliphatic rings. The van der Waals surface area contributed by atoms with E-state index in [1.54, 1.807) is 0 Å². The molecule has 0 amide bonds. The molecule has 0 aromatic carbocycles. The summed E-state index contributed by atoms with van der Waals surface area (Å²) in [6.45, 7) is 7.72. The van der Waals surface area contributed by atoms with Crippen LogP contribution in [0.2, 0.25) is 0 Å². The lowest BCUT2D eigenvalue weighted by molar-refractivity contribution is 0.738. The van der Waals surface area contributed by atoms with E-state index in [1.165, 1.54) is 0 Å². The number of anilines is 2. The monoisotopic (exact) mass is 237 g/mol. The SMILES string of the molecule is Cc1nc(NCCCN)cc(N(C)C(C)C)n1. The molecule has 96 valence electrons. The van der Waals surface area contributed by atoms with Crippen LogP contribution in [-0.4, -0.2) is 36.1 Å². The van der Waals surface area contributed by atoms with Crippen LogP contribution in [0.5, 0.6) is 0 Å². The molecule has 1 heterocycles. The number of nitrogens with one attached hydrogen (secondary N) is 1. The molecule has 0 saturated carbocycles. The molecule has 0 saturated heterocycles. The highest BCUT2D eigenvalue weighted by Gasteiger charge is 2.08. The first-order chi connectivity index (χ1) is 8.04. The Bertz CT molecular complexity index is 351. The molecule has 5 heteroatoms. The Labute approximate surface area is 103 Å². The predicted molar refractivity (Wildman–Crippen MR) is 72.5 cm³/mol. The number of aromatic nitrogens is 2. The van der Waals surface area contributed by atoms with E-state index in [0.717, 1.165) is 30.4 Å². The second-order valence-corrected chi connectivity index (χ2v) is 4.43. The Hall–Kier alpha value is -1.36. The van der Waals surface area contributed by atoms with Crippen molar-refractivity contribution < 1.29 is 0 Å². The van der Waals surface area contributed by atoms with E-state index in [9.17, 15) is 0 Å². The maximum atomic E-state index is 5.46. The van der Waals surface area contributed by atoms with Gasteiger partial charge in [0.1, 0.15) is 17.5 Å². The minimum atomic E-state index is 0.418. The molecule has 0 spiro atoms. The molecule has 1 rings (SSSR count). The number of rotatable bonds is 6. The number of nitrogens with two attached hydrogens (primary N) is 1. The average molecular weight is 237 g/mol. The normalized spacial score (nSPS) is 10.7. The van der Waals surface area contributed by atoms with Gasteiger partial charge in [-0.25, -0.2) is 9.97 Å². The minimum absolute atomic E-state index is 0.418. The zero-order valence-electron chi connectivity index (χ0n) is 11.2. The van der Waals surface area contributed by atoms with Gasteiger partial charge in [-0.05, 0) is 33.7 Å². The largest absolute Gasteiger partial charge is 0.370 e. The molecule has 0 atom stereocenters. The Morgan fingerprint density at radius 1 is 1.41 bits per heavy atom. The van der Waals surface area contributed by atoms with Crippen molar-refractivity contribution in [3.8, 4) is 0 Å². The maximum absolute atomic E-state index is 5.46. The first-order valence-corrected chi connectivity index (χ1v) is 6.07. The predicted octanol–water partition coefficient (Wildman–Crippen LogP) is 1.39. The van der Waals surface area contributed by atoms with Gasteiger partial charge in [-0.1, -0.05) is 0 Å². The molecule has 0 radical (unpaired) electrons. The highest BCUT2D eigenvalue weighted by atomic mass is 15.2. The summed E-state index contributed by atoms with van der Waals surface area (Å²) in [4.78, 5) is 10.9. The van der Waals surface area contributed by atoms with Crippen LogP contribution in [0.25, 0.3) is 0 Å². The molecule has 3 N–H and O–H groups in total. The van der Waals surface area contributed by atoms with Crippen molar-refractivity contribution in [3.63, 3.8) is 0 Å².